The number of aryl methyl sites for hydroxylation is 1. The van der Waals surface area contributed by atoms with Crippen LogP contribution in [0.3, 0.4) is 0 Å². The first-order valence-electron chi connectivity index (χ1n) is 10.1. The number of thiazole rings is 1. The number of carbonyl (C=O) groups excluding carboxylic acids is 1. The highest BCUT2D eigenvalue weighted by molar-refractivity contribution is 7.22. The predicted molar refractivity (Wildman–Crippen MR) is 122 cm³/mol. The average Bonchev–Trinajstić information content (AvgIpc) is 3.21. The van der Waals surface area contributed by atoms with Crippen LogP contribution in [0.1, 0.15) is 5.69 Å². The Kier molecular flexibility index (Phi) is 5.13. The molecule has 31 heavy (non-hydrogen) atoms. The summed E-state index contributed by atoms with van der Waals surface area (Å²) in [7, 11) is 1.60. The highest BCUT2D eigenvalue weighted by Gasteiger charge is 2.16. The van der Waals surface area contributed by atoms with Gasteiger partial charge in [0.2, 0.25) is 5.91 Å². The molecule has 0 aliphatic carbocycles. The van der Waals surface area contributed by atoms with E-state index < -0.39 is 0 Å². The van der Waals surface area contributed by atoms with E-state index in [1.165, 1.54) is 4.68 Å². The number of fused-ring (bicyclic) bond motifs is 2. The molecule has 0 bridgehead atoms. The SMILES string of the molecule is Cn1nc(CC(=O)Nc2ccc3nc(N4CCOCC4)sc3c2)c2ccccc2c1=O. The summed E-state index contributed by atoms with van der Waals surface area (Å²) in [5.74, 6) is -0.187. The molecule has 5 rings (SSSR count). The van der Waals surface area contributed by atoms with Gasteiger partial charge in [0, 0.05) is 31.2 Å². The van der Waals surface area contributed by atoms with Crippen molar-refractivity contribution in [2.45, 2.75) is 6.42 Å². The summed E-state index contributed by atoms with van der Waals surface area (Å²) < 4.78 is 7.71. The van der Waals surface area contributed by atoms with Gasteiger partial charge in [-0.25, -0.2) is 9.67 Å². The monoisotopic (exact) mass is 435 g/mol. The fraction of sp³-hybridized carbons (Fsp3) is 0.273. The van der Waals surface area contributed by atoms with E-state index in [9.17, 15) is 9.59 Å². The molecule has 0 radical (unpaired) electrons. The van der Waals surface area contributed by atoms with Crippen molar-refractivity contribution in [3.05, 3.63) is 58.5 Å². The topological polar surface area (TPSA) is 89.3 Å². The van der Waals surface area contributed by atoms with Gasteiger partial charge in [0.05, 0.1) is 40.9 Å². The molecular formula is C22H21N5O3S. The van der Waals surface area contributed by atoms with Gasteiger partial charge in [-0.3, -0.25) is 9.59 Å². The Bertz CT molecular complexity index is 1340. The Hall–Kier alpha value is -3.30. The number of hydrogen-bond donors (Lipinski definition) is 1. The van der Waals surface area contributed by atoms with Crippen LogP contribution in [0.5, 0.6) is 0 Å². The largest absolute Gasteiger partial charge is 0.378 e. The minimum atomic E-state index is -0.187. The zero-order valence-corrected chi connectivity index (χ0v) is 17.8. The van der Waals surface area contributed by atoms with E-state index >= 15 is 0 Å². The number of nitrogens with one attached hydrogen (secondary N) is 1. The molecule has 1 saturated heterocycles. The van der Waals surface area contributed by atoms with Gasteiger partial charge in [0.1, 0.15) is 0 Å². The molecule has 1 amide bonds. The molecule has 2 aromatic heterocycles. The molecule has 2 aromatic carbocycles. The van der Waals surface area contributed by atoms with Gasteiger partial charge in [0.25, 0.3) is 5.56 Å². The van der Waals surface area contributed by atoms with E-state index in [-0.39, 0.29) is 17.9 Å². The molecule has 0 atom stereocenters. The second kappa shape index (κ2) is 8.09. The van der Waals surface area contributed by atoms with E-state index in [4.69, 9.17) is 9.72 Å². The van der Waals surface area contributed by atoms with Crippen LogP contribution in [-0.2, 0) is 23.0 Å². The number of rotatable bonds is 4. The van der Waals surface area contributed by atoms with Crippen LogP contribution >= 0.6 is 11.3 Å². The Morgan fingerprint density at radius 2 is 1.94 bits per heavy atom. The highest BCUT2D eigenvalue weighted by atomic mass is 32.1. The van der Waals surface area contributed by atoms with Gasteiger partial charge in [-0.15, -0.1) is 0 Å². The van der Waals surface area contributed by atoms with Crippen molar-refractivity contribution in [1.29, 1.82) is 0 Å². The Morgan fingerprint density at radius 3 is 2.74 bits per heavy atom. The van der Waals surface area contributed by atoms with Gasteiger partial charge in [0.15, 0.2) is 5.13 Å². The maximum absolute atomic E-state index is 12.7. The minimum absolute atomic E-state index is 0.0778. The van der Waals surface area contributed by atoms with Gasteiger partial charge < -0.3 is 15.0 Å². The Balaban J connectivity index is 1.36. The van der Waals surface area contributed by atoms with Crippen molar-refractivity contribution in [3.63, 3.8) is 0 Å². The normalized spacial score (nSPS) is 14.3. The van der Waals surface area contributed by atoms with Gasteiger partial charge in [-0.05, 0) is 24.3 Å². The van der Waals surface area contributed by atoms with Crippen molar-refractivity contribution < 1.29 is 9.53 Å². The molecule has 1 fully saturated rings. The Labute approximate surface area is 182 Å². The maximum atomic E-state index is 12.7. The molecule has 0 unspecified atom stereocenters. The second-order valence-electron chi connectivity index (χ2n) is 7.42. The molecule has 1 aliphatic rings. The number of aromatic nitrogens is 3. The summed E-state index contributed by atoms with van der Waals surface area (Å²) in [6.45, 7) is 3.10. The fourth-order valence-electron chi connectivity index (χ4n) is 3.74. The van der Waals surface area contributed by atoms with Crippen LogP contribution in [-0.4, -0.2) is 47.0 Å². The standard InChI is InChI=1S/C22H21N5O3S/c1-26-21(29)16-5-3-2-4-15(16)18(25-26)13-20(28)23-14-6-7-17-19(12-14)31-22(24-17)27-8-10-30-11-9-27/h2-7,12H,8-11,13H2,1H3,(H,23,28). The van der Waals surface area contributed by atoms with Crippen molar-refractivity contribution in [1.82, 2.24) is 14.8 Å². The summed E-state index contributed by atoms with van der Waals surface area (Å²) in [6, 6.07) is 13.0. The molecule has 0 spiro atoms. The van der Waals surface area contributed by atoms with Gasteiger partial charge >= 0.3 is 0 Å². The van der Waals surface area contributed by atoms with Gasteiger partial charge in [-0.1, -0.05) is 29.5 Å². The first-order chi connectivity index (χ1) is 15.1. The molecule has 9 heteroatoms. The van der Waals surface area contributed by atoms with Crippen molar-refractivity contribution in [2.75, 3.05) is 36.5 Å². The lowest BCUT2D eigenvalue weighted by atomic mass is 10.1. The van der Waals surface area contributed by atoms with Crippen LogP contribution in [0.4, 0.5) is 10.8 Å². The highest BCUT2D eigenvalue weighted by Crippen LogP contribution is 2.31. The summed E-state index contributed by atoms with van der Waals surface area (Å²) in [6.07, 6.45) is 0.0778. The second-order valence-corrected chi connectivity index (χ2v) is 8.43. The van der Waals surface area contributed by atoms with Crippen molar-refractivity contribution in [3.8, 4) is 0 Å². The van der Waals surface area contributed by atoms with E-state index in [1.54, 1.807) is 24.5 Å². The van der Waals surface area contributed by atoms with Crippen LogP contribution < -0.4 is 15.8 Å². The third-order valence-corrected chi connectivity index (χ3v) is 6.38. The van der Waals surface area contributed by atoms with Crippen molar-refractivity contribution >= 4 is 49.1 Å². The lowest BCUT2D eigenvalue weighted by molar-refractivity contribution is -0.115. The molecule has 4 aromatic rings. The number of anilines is 2. The van der Waals surface area contributed by atoms with E-state index in [2.05, 4.69) is 15.3 Å². The molecule has 1 aliphatic heterocycles. The third-order valence-electron chi connectivity index (χ3n) is 5.30. The zero-order chi connectivity index (χ0) is 21.4. The number of hydrogen-bond acceptors (Lipinski definition) is 7. The zero-order valence-electron chi connectivity index (χ0n) is 17.0. The lowest BCUT2D eigenvalue weighted by Crippen LogP contribution is -2.36. The number of nitrogens with zero attached hydrogens (tertiary/aromatic N) is 4. The number of amides is 1. The number of benzene rings is 2. The fourth-order valence-corrected chi connectivity index (χ4v) is 4.80. The molecule has 1 N–H and O–H groups in total. The Morgan fingerprint density at radius 1 is 1.16 bits per heavy atom. The summed E-state index contributed by atoms with van der Waals surface area (Å²) in [5, 5.41) is 9.49. The first kappa shape index (κ1) is 19.7. The van der Waals surface area contributed by atoms with E-state index in [1.807, 2.05) is 36.4 Å². The van der Waals surface area contributed by atoms with Crippen molar-refractivity contribution in [2.24, 2.45) is 7.05 Å². The number of carbonyl (C=O) groups is 1. The first-order valence-corrected chi connectivity index (χ1v) is 10.9. The van der Waals surface area contributed by atoms with Gasteiger partial charge in [-0.2, -0.15) is 5.10 Å². The molecule has 0 saturated carbocycles. The van der Waals surface area contributed by atoms with Crippen LogP contribution in [0.15, 0.2) is 47.3 Å². The summed E-state index contributed by atoms with van der Waals surface area (Å²) in [5.41, 5.74) is 2.02. The molecular weight excluding hydrogens is 414 g/mol. The van der Waals surface area contributed by atoms with Crippen LogP contribution in [0.25, 0.3) is 21.0 Å². The quantitative estimate of drug-likeness (QED) is 0.530. The minimum Gasteiger partial charge on any atom is -0.378 e. The molecule has 158 valence electrons. The van der Waals surface area contributed by atoms with Crippen LogP contribution in [0, 0.1) is 0 Å². The lowest BCUT2D eigenvalue weighted by Gasteiger charge is -2.25. The van der Waals surface area contributed by atoms with Crippen LogP contribution in [0.2, 0.25) is 0 Å². The average molecular weight is 436 g/mol. The molecule has 3 heterocycles. The number of morpholine rings is 1. The molecule has 8 nitrogen and oxygen atoms in total. The third kappa shape index (κ3) is 3.89. The maximum Gasteiger partial charge on any atom is 0.274 e. The summed E-state index contributed by atoms with van der Waals surface area (Å²) >= 11 is 1.61. The number of ether oxygens (including phenoxy) is 1. The van der Waals surface area contributed by atoms with E-state index in [0.29, 0.717) is 35.4 Å². The smallest absolute Gasteiger partial charge is 0.274 e. The predicted octanol–water partition coefficient (Wildman–Crippen LogP) is 2.56. The van der Waals surface area contributed by atoms with E-state index in [0.717, 1.165) is 28.4 Å². The summed E-state index contributed by atoms with van der Waals surface area (Å²) in [4.78, 5) is 32.0.